The number of carbonyl (C=O) groups is 2. The number of fused-ring (bicyclic) bond motifs is 1. The average Bonchev–Trinajstić information content (AvgIpc) is 3.02. The van der Waals surface area contributed by atoms with E-state index < -0.39 is 17.9 Å². The lowest BCUT2D eigenvalue weighted by Crippen LogP contribution is -2.46. The Hall–Kier alpha value is -3.94. The summed E-state index contributed by atoms with van der Waals surface area (Å²) in [6, 6.07) is 14.9. The van der Waals surface area contributed by atoms with E-state index in [2.05, 4.69) is 16.7 Å². The number of aryl methyl sites for hydroxylation is 1. The van der Waals surface area contributed by atoms with Gasteiger partial charge in [-0.1, -0.05) is 30.3 Å². The molecule has 10 nitrogen and oxygen atoms in total. The van der Waals surface area contributed by atoms with E-state index >= 15 is 0 Å². The van der Waals surface area contributed by atoms with Crippen LogP contribution in [0.2, 0.25) is 0 Å². The molecule has 1 aliphatic heterocycles. The third kappa shape index (κ3) is 6.10. The van der Waals surface area contributed by atoms with E-state index in [1.54, 1.807) is 13.1 Å². The van der Waals surface area contributed by atoms with Crippen LogP contribution in [-0.4, -0.2) is 53.9 Å². The quantitative estimate of drug-likeness (QED) is 0.479. The number of rotatable bonds is 5. The first-order chi connectivity index (χ1) is 16.5. The van der Waals surface area contributed by atoms with E-state index in [0.29, 0.717) is 25.2 Å². The van der Waals surface area contributed by atoms with E-state index in [0.717, 1.165) is 35.2 Å². The Morgan fingerprint density at radius 3 is 2.74 bits per heavy atom. The highest BCUT2D eigenvalue weighted by atomic mass is 16.5. The Morgan fingerprint density at radius 1 is 1.32 bits per heavy atom. The van der Waals surface area contributed by atoms with Gasteiger partial charge >= 0.3 is 5.76 Å². The topological polar surface area (TPSA) is 147 Å². The zero-order valence-corrected chi connectivity index (χ0v) is 18.7. The lowest BCUT2D eigenvalue weighted by Gasteiger charge is -2.18. The summed E-state index contributed by atoms with van der Waals surface area (Å²) < 4.78 is 12.2. The third-order valence-corrected chi connectivity index (χ3v) is 5.43. The van der Waals surface area contributed by atoms with Crippen molar-refractivity contribution in [3.8, 4) is 17.2 Å². The van der Waals surface area contributed by atoms with Crippen LogP contribution < -0.4 is 16.4 Å². The number of benzene rings is 2. The van der Waals surface area contributed by atoms with Gasteiger partial charge in [-0.15, -0.1) is 0 Å². The number of aromatic nitrogens is 1. The summed E-state index contributed by atoms with van der Waals surface area (Å²) in [4.78, 5) is 32.5. The second kappa shape index (κ2) is 11.8. The molecule has 0 spiro atoms. The van der Waals surface area contributed by atoms with Crippen LogP contribution in [0.5, 0.6) is 0 Å². The van der Waals surface area contributed by atoms with Crippen LogP contribution in [-0.2, 0) is 27.8 Å². The van der Waals surface area contributed by atoms with Crippen LogP contribution in [0, 0.1) is 11.3 Å². The molecule has 2 aromatic carbocycles. The number of oxazole rings is 1. The third-order valence-electron chi connectivity index (χ3n) is 5.43. The molecular weight excluding hydrogens is 440 g/mol. The van der Waals surface area contributed by atoms with Crippen molar-refractivity contribution < 1.29 is 23.8 Å². The minimum Gasteiger partial charge on any atom is -0.483 e. The number of carbonyl (C=O) groups excluding carboxylic acids is 1. The standard InChI is InChI=1S/C23H24N4O4.CH2O2/c1-27-19-12-17(7-8-20(19)31-23(27)29)16-5-3-15(4-6-16)11-18(13-24)26-22(28)21-14-25-9-2-10-30-21;2-1-3/h3-8,12,18,21,25H,2,9-11,14H2,1H3,(H,26,28);1H,(H,2,3)/t18-,21-;/m0./s1. The summed E-state index contributed by atoms with van der Waals surface area (Å²) >= 11 is 0. The Bertz CT molecular complexity index is 1220. The molecule has 3 aromatic rings. The van der Waals surface area contributed by atoms with Gasteiger partial charge in [-0.05, 0) is 41.8 Å². The zero-order chi connectivity index (χ0) is 24.5. The lowest BCUT2D eigenvalue weighted by molar-refractivity contribution is -0.132. The molecule has 0 bridgehead atoms. The molecule has 1 aromatic heterocycles. The Labute approximate surface area is 195 Å². The van der Waals surface area contributed by atoms with Crippen molar-refractivity contribution in [2.24, 2.45) is 7.05 Å². The predicted molar refractivity (Wildman–Crippen MR) is 124 cm³/mol. The lowest BCUT2D eigenvalue weighted by atomic mass is 10.0. The Kier molecular flexibility index (Phi) is 8.56. The van der Waals surface area contributed by atoms with E-state index in [1.165, 1.54) is 4.57 Å². The molecule has 0 radical (unpaired) electrons. The number of nitrogens with one attached hydrogen (secondary N) is 2. The largest absolute Gasteiger partial charge is 0.483 e. The number of hydrogen-bond donors (Lipinski definition) is 3. The van der Waals surface area contributed by atoms with Crippen LogP contribution >= 0.6 is 0 Å². The molecule has 2 heterocycles. The highest BCUT2D eigenvalue weighted by Gasteiger charge is 2.23. The summed E-state index contributed by atoms with van der Waals surface area (Å²) in [7, 11) is 1.67. The maximum Gasteiger partial charge on any atom is 0.419 e. The van der Waals surface area contributed by atoms with Crippen molar-refractivity contribution >= 4 is 23.5 Å². The summed E-state index contributed by atoms with van der Waals surface area (Å²) in [5.41, 5.74) is 4.16. The Balaban J connectivity index is 0.00000103. The highest BCUT2D eigenvalue weighted by Crippen LogP contribution is 2.24. The number of carboxylic acid groups (broad SMARTS) is 1. The molecule has 0 aliphatic carbocycles. The molecule has 2 atom stereocenters. The molecule has 10 heteroatoms. The van der Waals surface area contributed by atoms with E-state index in [4.69, 9.17) is 19.1 Å². The molecule has 1 saturated heterocycles. The van der Waals surface area contributed by atoms with Crippen LogP contribution in [0.3, 0.4) is 0 Å². The van der Waals surface area contributed by atoms with Crippen LogP contribution in [0.25, 0.3) is 22.2 Å². The van der Waals surface area contributed by atoms with Gasteiger partial charge in [0.05, 0.1) is 11.6 Å². The van der Waals surface area contributed by atoms with Gasteiger partial charge in [0.2, 0.25) is 0 Å². The normalized spacial score (nSPS) is 16.4. The molecule has 3 N–H and O–H groups in total. The monoisotopic (exact) mass is 466 g/mol. The van der Waals surface area contributed by atoms with Gasteiger partial charge in [-0.2, -0.15) is 5.26 Å². The van der Waals surface area contributed by atoms with Gasteiger partial charge in [0.1, 0.15) is 12.1 Å². The second-order valence-electron chi connectivity index (χ2n) is 7.72. The molecule has 1 fully saturated rings. The van der Waals surface area contributed by atoms with Crippen molar-refractivity contribution in [1.82, 2.24) is 15.2 Å². The smallest absolute Gasteiger partial charge is 0.419 e. The molecule has 1 amide bonds. The number of ether oxygens (including phenoxy) is 1. The highest BCUT2D eigenvalue weighted by molar-refractivity contribution is 5.82. The first kappa shape index (κ1) is 24.7. The summed E-state index contributed by atoms with van der Waals surface area (Å²) in [6.45, 7) is 1.55. The van der Waals surface area contributed by atoms with Crippen molar-refractivity contribution in [1.29, 1.82) is 5.26 Å². The van der Waals surface area contributed by atoms with Crippen molar-refractivity contribution in [2.75, 3.05) is 19.7 Å². The fourth-order valence-electron chi connectivity index (χ4n) is 3.65. The maximum atomic E-state index is 12.4. The molecule has 0 unspecified atom stereocenters. The number of nitriles is 1. The van der Waals surface area contributed by atoms with Crippen LogP contribution in [0.4, 0.5) is 0 Å². The molecular formula is C24H26N4O6. The van der Waals surface area contributed by atoms with Gasteiger partial charge in [0, 0.05) is 26.6 Å². The van der Waals surface area contributed by atoms with Gasteiger partial charge in [-0.25, -0.2) is 4.79 Å². The van der Waals surface area contributed by atoms with Crippen molar-refractivity contribution in [3.63, 3.8) is 0 Å². The van der Waals surface area contributed by atoms with E-state index in [9.17, 15) is 14.9 Å². The maximum absolute atomic E-state index is 12.4. The first-order valence-corrected chi connectivity index (χ1v) is 10.8. The van der Waals surface area contributed by atoms with Crippen molar-refractivity contribution in [2.45, 2.75) is 25.0 Å². The van der Waals surface area contributed by atoms with E-state index in [-0.39, 0.29) is 12.4 Å². The van der Waals surface area contributed by atoms with Crippen LogP contribution in [0.15, 0.2) is 51.7 Å². The molecule has 1 aliphatic rings. The molecule has 34 heavy (non-hydrogen) atoms. The fraction of sp³-hybridized carbons (Fsp3) is 0.333. The van der Waals surface area contributed by atoms with Crippen LogP contribution in [0.1, 0.15) is 12.0 Å². The number of amides is 1. The fourth-order valence-corrected chi connectivity index (χ4v) is 3.65. The van der Waals surface area contributed by atoms with Gasteiger partial charge < -0.3 is 24.9 Å². The number of hydrogen-bond acceptors (Lipinski definition) is 7. The van der Waals surface area contributed by atoms with Gasteiger partial charge in [0.25, 0.3) is 12.4 Å². The summed E-state index contributed by atoms with van der Waals surface area (Å²) in [5, 5.41) is 22.3. The zero-order valence-electron chi connectivity index (χ0n) is 18.7. The SMILES string of the molecule is Cn1c(=O)oc2ccc(-c3ccc(C[C@@H](C#N)NC(=O)[C@@H]4CNCCCO4)cc3)cc21.O=CO. The van der Waals surface area contributed by atoms with Crippen molar-refractivity contribution in [3.05, 3.63) is 58.6 Å². The molecule has 0 saturated carbocycles. The Morgan fingerprint density at radius 2 is 2.03 bits per heavy atom. The molecule has 4 rings (SSSR count). The average molecular weight is 466 g/mol. The summed E-state index contributed by atoms with van der Waals surface area (Å²) in [5.74, 6) is -0.659. The summed E-state index contributed by atoms with van der Waals surface area (Å²) in [6.07, 6.45) is 0.689. The minimum absolute atomic E-state index is 0.250. The van der Waals surface area contributed by atoms with E-state index in [1.807, 2.05) is 36.4 Å². The van der Waals surface area contributed by atoms with Gasteiger partial charge in [-0.3, -0.25) is 14.2 Å². The molecule has 178 valence electrons. The van der Waals surface area contributed by atoms with Gasteiger partial charge in [0.15, 0.2) is 5.58 Å². The predicted octanol–water partition coefficient (Wildman–Crippen LogP) is 1.43. The first-order valence-electron chi connectivity index (χ1n) is 10.8. The number of nitrogens with zero attached hydrogens (tertiary/aromatic N) is 2. The minimum atomic E-state index is -0.637. The second-order valence-corrected chi connectivity index (χ2v) is 7.72.